The summed E-state index contributed by atoms with van der Waals surface area (Å²) in [5, 5.41) is 20.1. The minimum atomic E-state index is -0.269. The smallest absolute Gasteiger partial charge is 0.300 e. The van der Waals surface area contributed by atoms with Crippen LogP contribution < -0.4 is 9.79 Å². The van der Waals surface area contributed by atoms with E-state index in [1.54, 1.807) is 21.5 Å². The fourth-order valence-corrected chi connectivity index (χ4v) is 1.58. The molecule has 5 heteroatoms. The summed E-state index contributed by atoms with van der Waals surface area (Å²) in [6, 6.07) is 8.98. The molecular weight excluding hydrogens is 216 g/mol. The molecular formula is C12H14N4O. The fraction of sp³-hybridized carbons (Fsp3) is 0.250. The minimum absolute atomic E-state index is 0.269. The number of aromatic nitrogens is 3. The maximum absolute atomic E-state index is 11.9. The van der Waals surface area contributed by atoms with Crippen LogP contribution in [-0.4, -0.2) is 15.7 Å². The van der Waals surface area contributed by atoms with Gasteiger partial charge in [-0.25, -0.2) is 0 Å². The van der Waals surface area contributed by atoms with Crippen LogP contribution >= 0.6 is 0 Å². The zero-order valence-electron chi connectivity index (χ0n) is 10.1. The third-order valence-electron chi connectivity index (χ3n) is 2.59. The number of aryl methyl sites for hydroxylation is 2. The highest BCUT2D eigenvalue weighted by Crippen LogP contribution is 2.01. The molecule has 88 valence electrons. The highest BCUT2D eigenvalue weighted by Gasteiger charge is 2.15. The molecule has 2 rings (SSSR count). The summed E-state index contributed by atoms with van der Waals surface area (Å²) in [5.74, 6) is 1.23. The third-order valence-corrected chi connectivity index (χ3v) is 2.59. The molecule has 0 fully saturated rings. The van der Waals surface area contributed by atoms with Gasteiger partial charge in [0.25, 0.3) is 5.82 Å². The Kier molecular flexibility index (Phi) is 2.91. The van der Waals surface area contributed by atoms with Crippen molar-refractivity contribution in [2.24, 2.45) is 12.1 Å². The minimum Gasteiger partial charge on any atom is -0.856 e. The molecule has 1 aromatic carbocycles. The Morgan fingerprint density at radius 3 is 2.47 bits per heavy atom. The summed E-state index contributed by atoms with van der Waals surface area (Å²) in [6.07, 6.45) is 0. The van der Waals surface area contributed by atoms with E-state index in [-0.39, 0.29) is 5.90 Å². The van der Waals surface area contributed by atoms with E-state index < -0.39 is 0 Å². The molecule has 17 heavy (non-hydrogen) atoms. The predicted octanol–water partition coefficient (Wildman–Crippen LogP) is -0.105. The van der Waals surface area contributed by atoms with E-state index in [0.29, 0.717) is 11.4 Å². The molecule has 0 atom stereocenters. The first kappa shape index (κ1) is 11.3. The van der Waals surface area contributed by atoms with Gasteiger partial charge >= 0.3 is 5.82 Å². The first-order valence-electron chi connectivity index (χ1n) is 5.33. The van der Waals surface area contributed by atoms with Gasteiger partial charge in [0.15, 0.2) is 0 Å². The van der Waals surface area contributed by atoms with E-state index in [0.717, 1.165) is 5.82 Å². The molecule has 0 spiro atoms. The number of rotatable bonds is 2. The van der Waals surface area contributed by atoms with Gasteiger partial charge in [0, 0.05) is 19.7 Å². The Hall–Kier alpha value is -2.17. The molecule has 1 heterocycles. The summed E-state index contributed by atoms with van der Waals surface area (Å²) in [5.41, 5.74) is 0.572. The quantitative estimate of drug-likeness (QED) is 0.411. The maximum Gasteiger partial charge on any atom is 0.300 e. The molecule has 0 aliphatic heterocycles. The molecule has 0 bridgehead atoms. The summed E-state index contributed by atoms with van der Waals surface area (Å²) >= 11 is 0. The van der Waals surface area contributed by atoms with Crippen molar-refractivity contribution in [2.75, 3.05) is 0 Å². The number of nitrogens with zero attached hydrogens (tertiary/aromatic N) is 4. The topological polar surface area (TPSA) is 57.1 Å². The Balaban J connectivity index is 2.43. The van der Waals surface area contributed by atoms with Gasteiger partial charge in [-0.05, 0) is 10.7 Å². The van der Waals surface area contributed by atoms with Crippen molar-refractivity contribution < 1.29 is 9.79 Å². The molecule has 0 aliphatic rings. The lowest BCUT2D eigenvalue weighted by Crippen LogP contribution is -2.33. The van der Waals surface area contributed by atoms with E-state index in [4.69, 9.17) is 0 Å². The normalized spacial score (nSPS) is 11.8. The zero-order valence-corrected chi connectivity index (χ0v) is 10.1. The zero-order chi connectivity index (χ0) is 12.4. The highest BCUT2D eigenvalue weighted by molar-refractivity contribution is 5.90. The Morgan fingerprint density at radius 2 is 1.94 bits per heavy atom. The summed E-state index contributed by atoms with van der Waals surface area (Å²) < 4.78 is 3.24. The van der Waals surface area contributed by atoms with Gasteiger partial charge in [-0.2, -0.15) is 0 Å². The highest BCUT2D eigenvalue weighted by atomic mass is 16.3. The van der Waals surface area contributed by atoms with Crippen molar-refractivity contribution in [2.45, 2.75) is 13.8 Å². The van der Waals surface area contributed by atoms with Crippen LogP contribution in [0.2, 0.25) is 0 Å². The van der Waals surface area contributed by atoms with E-state index in [9.17, 15) is 5.11 Å². The van der Waals surface area contributed by atoms with Crippen molar-refractivity contribution in [1.29, 1.82) is 0 Å². The molecule has 0 N–H and O–H groups in total. The fourth-order valence-electron chi connectivity index (χ4n) is 1.58. The van der Waals surface area contributed by atoms with Crippen molar-refractivity contribution in [3.8, 4) is 0 Å². The standard InChI is InChI=1S/C12H14N4O/c1-9-13-15(3)10(2)16(9)14-12(17)11-7-5-4-6-8-11/h4-8H,1-3H3. The monoisotopic (exact) mass is 230 g/mol. The molecule has 2 aromatic rings. The molecule has 0 aliphatic carbocycles. The lowest BCUT2D eigenvalue weighted by atomic mass is 10.2. The number of hydrogen-bond donors (Lipinski definition) is 0. The Bertz CT molecular complexity index is 557. The van der Waals surface area contributed by atoms with Crippen molar-refractivity contribution >= 4 is 5.90 Å². The van der Waals surface area contributed by atoms with Crippen LogP contribution in [-0.2, 0) is 7.05 Å². The van der Waals surface area contributed by atoms with Gasteiger partial charge in [-0.3, -0.25) is 0 Å². The second-order valence-electron chi connectivity index (χ2n) is 3.80. The van der Waals surface area contributed by atoms with Crippen molar-refractivity contribution in [3.63, 3.8) is 0 Å². The van der Waals surface area contributed by atoms with E-state index >= 15 is 0 Å². The summed E-state index contributed by atoms with van der Waals surface area (Å²) in [6.45, 7) is 3.68. The third kappa shape index (κ3) is 2.18. The van der Waals surface area contributed by atoms with E-state index in [1.807, 2.05) is 39.1 Å². The first-order chi connectivity index (χ1) is 8.09. The van der Waals surface area contributed by atoms with Crippen LogP contribution in [0, 0.1) is 13.8 Å². The van der Waals surface area contributed by atoms with Gasteiger partial charge in [-0.15, -0.1) is 4.68 Å². The lowest BCUT2D eigenvalue weighted by Gasteiger charge is -2.07. The summed E-state index contributed by atoms with van der Waals surface area (Å²) in [4.78, 5) is 0. The molecule has 0 radical (unpaired) electrons. The molecule has 0 amide bonds. The van der Waals surface area contributed by atoms with Crippen LogP contribution in [0.3, 0.4) is 0 Å². The van der Waals surface area contributed by atoms with Gasteiger partial charge in [-0.1, -0.05) is 40.1 Å². The average Bonchev–Trinajstić information content (AvgIpc) is 2.57. The average molecular weight is 230 g/mol. The summed E-state index contributed by atoms with van der Waals surface area (Å²) in [7, 11) is 1.82. The van der Waals surface area contributed by atoms with Crippen LogP contribution in [0.5, 0.6) is 0 Å². The van der Waals surface area contributed by atoms with E-state index in [1.165, 1.54) is 0 Å². The first-order valence-corrected chi connectivity index (χ1v) is 5.33. The van der Waals surface area contributed by atoms with Gasteiger partial charge < -0.3 is 5.11 Å². The number of hydrogen-bond acceptors (Lipinski definition) is 3. The van der Waals surface area contributed by atoms with Gasteiger partial charge in [0.2, 0.25) is 0 Å². The van der Waals surface area contributed by atoms with Crippen LogP contribution in [0.4, 0.5) is 0 Å². The van der Waals surface area contributed by atoms with Crippen molar-refractivity contribution in [1.82, 2.24) is 9.77 Å². The largest absolute Gasteiger partial charge is 0.856 e. The number of benzene rings is 1. The van der Waals surface area contributed by atoms with Crippen LogP contribution in [0.25, 0.3) is 0 Å². The molecule has 1 aromatic heterocycles. The maximum atomic E-state index is 11.9. The van der Waals surface area contributed by atoms with Crippen LogP contribution in [0.15, 0.2) is 35.4 Å². The molecule has 0 saturated heterocycles. The SMILES string of the molecule is Cc1n[n+](C)c(C)n1/N=C(\[O-])c1ccccc1. The van der Waals surface area contributed by atoms with E-state index in [2.05, 4.69) is 10.2 Å². The second kappa shape index (κ2) is 4.37. The van der Waals surface area contributed by atoms with Gasteiger partial charge in [0.05, 0.1) is 0 Å². The Morgan fingerprint density at radius 1 is 1.29 bits per heavy atom. The molecule has 5 nitrogen and oxygen atoms in total. The predicted molar refractivity (Wildman–Crippen MR) is 61.3 cm³/mol. The van der Waals surface area contributed by atoms with Crippen molar-refractivity contribution in [3.05, 3.63) is 47.5 Å². The Labute approximate surface area is 99.6 Å². The van der Waals surface area contributed by atoms with Crippen LogP contribution in [0.1, 0.15) is 17.2 Å². The molecule has 0 unspecified atom stereocenters. The molecule has 0 saturated carbocycles. The lowest BCUT2D eigenvalue weighted by molar-refractivity contribution is -0.734. The van der Waals surface area contributed by atoms with Gasteiger partial charge in [0.1, 0.15) is 7.05 Å². The second-order valence-corrected chi connectivity index (χ2v) is 3.80.